The fourth-order valence-corrected chi connectivity index (χ4v) is 4.43. The van der Waals surface area contributed by atoms with E-state index in [1.165, 1.54) is 0 Å². The molecule has 1 saturated carbocycles. The number of nitrogens with one attached hydrogen (secondary N) is 1. The summed E-state index contributed by atoms with van der Waals surface area (Å²) in [4.78, 5) is 11.2. The zero-order valence-corrected chi connectivity index (χ0v) is 14.2. The van der Waals surface area contributed by atoms with Gasteiger partial charge in [0.2, 0.25) is 15.9 Å². The second-order valence-corrected chi connectivity index (χ2v) is 8.85. The molecule has 1 aliphatic carbocycles. The Kier molecular flexibility index (Phi) is 6.41. The SMILES string of the molecule is C=CC(=O)NC1CCC(S(=O)(=O)N(C)OS(=O)(=O)C(F)(F)F)CC1. The Morgan fingerprint density at radius 1 is 1.21 bits per heavy atom. The van der Waals surface area contributed by atoms with Gasteiger partial charge in [0.05, 0.1) is 5.25 Å². The maximum Gasteiger partial charge on any atom is 0.524 e. The molecule has 0 heterocycles. The highest BCUT2D eigenvalue weighted by Crippen LogP contribution is 2.29. The van der Waals surface area contributed by atoms with Crippen LogP contribution in [0.2, 0.25) is 0 Å². The van der Waals surface area contributed by atoms with Gasteiger partial charge < -0.3 is 5.32 Å². The summed E-state index contributed by atoms with van der Waals surface area (Å²) in [5.41, 5.74) is -5.73. The van der Waals surface area contributed by atoms with Gasteiger partial charge in [-0.15, -0.1) is 0 Å². The van der Waals surface area contributed by atoms with E-state index < -0.39 is 36.8 Å². The van der Waals surface area contributed by atoms with Crippen LogP contribution in [0.15, 0.2) is 12.7 Å². The number of alkyl halides is 3. The van der Waals surface area contributed by atoms with Crippen LogP contribution in [-0.2, 0) is 29.2 Å². The molecular weight excluding hydrogens is 377 g/mol. The molecule has 0 aromatic heterocycles. The average Bonchev–Trinajstić information content (AvgIpc) is 2.46. The summed E-state index contributed by atoms with van der Waals surface area (Å²) in [6.45, 7) is 3.28. The first kappa shape index (κ1) is 20.9. The van der Waals surface area contributed by atoms with Crippen molar-refractivity contribution in [2.75, 3.05) is 7.05 Å². The van der Waals surface area contributed by atoms with Crippen molar-refractivity contribution in [1.29, 1.82) is 0 Å². The van der Waals surface area contributed by atoms with Crippen LogP contribution in [0.4, 0.5) is 13.2 Å². The maximum atomic E-state index is 12.2. The van der Waals surface area contributed by atoms with Crippen molar-refractivity contribution in [2.45, 2.75) is 42.5 Å². The lowest BCUT2D eigenvalue weighted by Crippen LogP contribution is -2.44. The summed E-state index contributed by atoms with van der Waals surface area (Å²) in [5.74, 6) is -0.418. The van der Waals surface area contributed by atoms with Crippen LogP contribution in [0.3, 0.4) is 0 Å². The molecule has 0 aromatic carbocycles. The summed E-state index contributed by atoms with van der Waals surface area (Å²) in [6.07, 6.45) is 1.66. The number of carbonyl (C=O) groups excluding carboxylic acids is 1. The third-order valence-corrected chi connectivity index (χ3v) is 6.66. The Morgan fingerprint density at radius 3 is 2.12 bits per heavy atom. The first-order valence-corrected chi connectivity index (χ1v) is 9.64. The molecule has 24 heavy (non-hydrogen) atoms. The van der Waals surface area contributed by atoms with Gasteiger partial charge >= 0.3 is 15.6 Å². The van der Waals surface area contributed by atoms with E-state index in [0.29, 0.717) is 7.05 Å². The van der Waals surface area contributed by atoms with E-state index in [1.807, 2.05) is 0 Å². The lowest BCUT2D eigenvalue weighted by Gasteiger charge is -2.30. The minimum Gasteiger partial charge on any atom is -0.350 e. The van der Waals surface area contributed by atoms with Crippen LogP contribution in [0.25, 0.3) is 0 Å². The normalized spacial score (nSPS) is 23.0. The Hall–Kier alpha value is -1.18. The van der Waals surface area contributed by atoms with E-state index in [0.717, 1.165) is 6.08 Å². The molecule has 1 rings (SSSR count). The first-order chi connectivity index (χ1) is 10.8. The van der Waals surface area contributed by atoms with E-state index in [1.54, 1.807) is 0 Å². The lowest BCUT2D eigenvalue weighted by molar-refractivity contribution is -0.117. The molecule has 8 nitrogen and oxygen atoms in total. The Labute approximate surface area is 137 Å². The lowest BCUT2D eigenvalue weighted by atomic mass is 9.95. The van der Waals surface area contributed by atoms with Gasteiger partial charge in [0.1, 0.15) is 0 Å². The standard InChI is InChI=1S/C11H17F3N2O6S2/c1-3-10(17)15-8-4-6-9(7-5-8)23(18,19)16(2)22-24(20,21)11(12,13)14/h3,8-9H,1,4-7H2,2H3,(H,15,17). The topological polar surface area (TPSA) is 110 Å². The van der Waals surface area contributed by atoms with Crippen LogP contribution >= 0.6 is 0 Å². The second kappa shape index (κ2) is 7.37. The van der Waals surface area contributed by atoms with Gasteiger partial charge in [-0.2, -0.15) is 25.9 Å². The van der Waals surface area contributed by atoms with Crippen LogP contribution in [-0.4, -0.2) is 51.1 Å². The van der Waals surface area contributed by atoms with Crippen molar-refractivity contribution in [3.05, 3.63) is 12.7 Å². The van der Waals surface area contributed by atoms with Crippen LogP contribution in [0.1, 0.15) is 25.7 Å². The minimum atomic E-state index is -6.07. The average molecular weight is 394 g/mol. The van der Waals surface area contributed by atoms with E-state index in [4.69, 9.17) is 0 Å². The Morgan fingerprint density at radius 2 is 1.71 bits per heavy atom. The summed E-state index contributed by atoms with van der Waals surface area (Å²) in [5, 5.41) is 1.48. The molecule has 0 aliphatic heterocycles. The fraction of sp³-hybridized carbons (Fsp3) is 0.727. The molecule has 0 atom stereocenters. The molecule has 13 heteroatoms. The van der Waals surface area contributed by atoms with Crippen molar-refractivity contribution in [3.8, 4) is 0 Å². The predicted molar refractivity (Wildman–Crippen MR) is 77.1 cm³/mol. The molecular formula is C11H17F3N2O6S2. The van der Waals surface area contributed by atoms with E-state index in [9.17, 15) is 34.8 Å². The quantitative estimate of drug-likeness (QED) is 0.402. The molecule has 0 unspecified atom stereocenters. The van der Waals surface area contributed by atoms with Crippen LogP contribution in [0, 0.1) is 0 Å². The predicted octanol–water partition coefficient (Wildman–Crippen LogP) is 0.643. The smallest absolute Gasteiger partial charge is 0.350 e. The first-order valence-electron chi connectivity index (χ1n) is 6.73. The zero-order valence-electron chi connectivity index (χ0n) is 12.6. The number of halogens is 3. The van der Waals surface area contributed by atoms with Gasteiger partial charge in [-0.1, -0.05) is 11.0 Å². The third-order valence-electron chi connectivity index (χ3n) is 3.47. The Balaban J connectivity index is 2.73. The van der Waals surface area contributed by atoms with Crippen molar-refractivity contribution >= 4 is 26.0 Å². The second-order valence-electron chi connectivity index (χ2n) is 5.12. The summed E-state index contributed by atoms with van der Waals surface area (Å²) in [6, 6.07) is -0.285. The molecule has 1 fully saturated rings. The molecule has 1 amide bonds. The molecule has 0 saturated heterocycles. The highest BCUT2D eigenvalue weighted by molar-refractivity contribution is 7.91. The number of rotatable bonds is 6. The molecule has 0 spiro atoms. The fourth-order valence-electron chi connectivity index (χ4n) is 2.20. The molecule has 0 radical (unpaired) electrons. The largest absolute Gasteiger partial charge is 0.524 e. The van der Waals surface area contributed by atoms with Gasteiger partial charge in [-0.05, 0) is 31.8 Å². The summed E-state index contributed by atoms with van der Waals surface area (Å²) in [7, 11) is -9.90. The van der Waals surface area contributed by atoms with Gasteiger partial charge in [0.25, 0.3) is 0 Å². The van der Waals surface area contributed by atoms with E-state index in [2.05, 4.69) is 16.2 Å². The number of carbonyl (C=O) groups is 1. The summed E-state index contributed by atoms with van der Waals surface area (Å²) < 4.78 is 86.2. The molecule has 0 bridgehead atoms. The van der Waals surface area contributed by atoms with Gasteiger partial charge in [0.15, 0.2) is 0 Å². The minimum absolute atomic E-state index is 0.0319. The number of hydrogen-bond acceptors (Lipinski definition) is 6. The number of nitrogens with zero attached hydrogens (tertiary/aromatic N) is 1. The molecule has 140 valence electrons. The molecule has 1 aliphatic rings. The number of sulfonamides is 1. The van der Waals surface area contributed by atoms with Gasteiger partial charge in [-0.3, -0.25) is 4.79 Å². The van der Waals surface area contributed by atoms with Crippen LogP contribution < -0.4 is 5.32 Å². The highest BCUT2D eigenvalue weighted by atomic mass is 32.2. The number of amides is 1. The molecule has 0 aromatic rings. The maximum absolute atomic E-state index is 12.2. The van der Waals surface area contributed by atoms with Crippen molar-refractivity contribution in [1.82, 2.24) is 9.79 Å². The van der Waals surface area contributed by atoms with Crippen molar-refractivity contribution in [2.24, 2.45) is 0 Å². The van der Waals surface area contributed by atoms with Gasteiger partial charge in [-0.25, -0.2) is 8.42 Å². The highest BCUT2D eigenvalue weighted by Gasteiger charge is 2.50. The number of hydrogen-bond donors (Lipinski definition) is 1. The number of hydroxylamine groups is 1. The van der Waals surface area contributed by atoms with E-state index in [-0.39, 0.29) is 36.2 Å². The third kappa shape index (κ3) is 4.91. The summed E-state index contributed by atoms with van der Waals surface area (Å²) >= 11 is 0. The van der Waals surface area contributed by atoms with Crippen molar-refractivity contribution < 1.29 is 39.1 Å². The van der Waals surface area contributed by atoms with Crippen LogP contribution in [0.5, 0.6) is 0 Å². The van der Waals surface area contributed by atoms with Gasteiger partial charge in [0, 0.05) is 13.1 Å². The Bertz CT molecular complexity index is 681. The van der Waals surface area contributed by atoms with E-state index >= 15 is 0 Å². The zero-order chi connectivity index (χ0) is 18.8. The molecule has 1 N–H and O–H groups in total. The monoisotopic (exact) mass is 394 g/mol. The van der Waals surface area contributed by atoms with Crippen molar-refractivity contribution in [3.63, 3.8) is 0 Å².